The molecule has 0 aliphatic heterocycles. The summed E-state index contributed by atoms with van der Waals surface area (Å²) in [6.45, 7) is 6.57. The van der Waals surface area contributed by atoms with Gasteiger partial charge in [0, 0.05) is 11.6 Å². The lowest BCUT2D eigenvalue weighted by molar-refractivity contribution is 0.0891. The van der Waals surface area contributed by atoms with E-state index in [2.05, 4.69) is 19.2 Å². The Morgan fingerprint density at radius 2 is 1.83 bits per heavy atom. The monoisotopic (exact) mass is 245 g/mol. The van der Waals surface area contributed by atoms with Gasteiger partial charge in [0.2, 0.25) is 0 Å². The van der Waals surface area contributed by atoms with Crippen molar-refractivity contribution in [1.82, 2.24) is 5.32 Å². The molecule has 2 nitrogen and oxygen atoms in total. The van der Waals surface area contributed by atoms with Crippen LogP contribution in [0.2, 0.25) is 0 Å². The summed E-state index contributed by atoms with van der Waals surface area (Å²) in [7, 11) is 0. The molecule has 18 heavy (non-hydrogen) atoms. The van der Waals surface area contributed by atoms with Crippen molar-refractivity contribution in [1.29, 1.82) is 0 Å². The molecular weight excluding hydrogens is 222 g/mol. The van der Waals surface area contributed by atoms with Crippen molar-refractivity contribution in [2.75, 3.05) is 0 Å². The van der Waals surface area contributed by atoms with E-state index in [-0.39, 0.29) is 5.91 Å². The molecule has 2 heteroatoms. The first kappa shape index (κ1) is 13.1. The van der Waals surface area contributed by atoms with Gasteiger partial charge in [-0.15, -0.1) is 0 Å². The number of nitrogens with one attached hydrogen (secondary N) is 1. The van der Waals surface area contributed by atoms with Gasteiger partial charge in [-0.2, -0.15) is 0 Å². The molecule has 1 aromatic rings. The molecule has 0 spiro atoms. The number of hydrogen-bond acceptors (Lipinski definition) is 1. The van der Waals surface area contributed by atoms with Crippen molar-refractivity contribution in [2.45, 2.75) is 46.1 Å². The van der Waals surface area contributed by atoms with E-state index in [0.29, 0.717) is 17.9 Å². The maximum atomic E-state index is 12.2. The largest absolute Gasteiger partial charge is 0.349 e. The van der Waals surface area contributed by atoms with Crippen molar-refractivity contribution >= 4 is 5.91 Å². The van der Waals surface area contributed by atoms with E-state index in [4.69, 9.17) is 0 Å². The molecule has 1 N–H and O–H groups in total. The molecule has 1 aromatic carbocycles. The zero-order valence-corrected chi connectivity index (χ0v) is 11.6. The molecule has 1 fully saturated rings. The molecule has 2 rings (SSSR count). The third-order valence-corrected chi connectivity index (χ3v) is 4.34. The summed E-state index contributed by atoms with van der Waals surface area (Å²) in [4.78, 5) is 12.2. The lowest BCUT2D eigenvalue weighted by atomic mass is 9.78. The number of carbonyl (C=O) groups excluding carboxylic acids is 1. The van der Waals surface area contributed by atoms with Crippen molar-refractivity contribution in [3.05, 3.63) is 35.4 Å². The first-order valence-electron chi connectivity index (χ1n) is 6.95. The Balaban J connectivity index is 2.00. The smallest absolute Gasteiger partial charge is 0.251 e. The molecule has 1 saturated carbocycles. The van der Waals surface area contributed by atoms with Gasteiger partial charge in [-0.1, -0.05) is 44.4 Å². The topological polar surface area (TPSA) is 29.1 Å². The number of aryl methyl sites for hydroxylation is 1. The number of carbonyl (C=O) groups is 1. The van der Waals surface area contributed by atoms with E-state index in [1.165, 1.54) is 18.4 Å². The average molecular weight is 245 g/mol. The normalized spacial score (nSPS) is 27.8. The summed E-state index contributed by atoms with van der Waals surface area (Å²) in [5, 5.41) is 3.20. The Morgan fingerprint density at radius 1 is 1.17 bits per heavy atom. The number of benzene rings is 1. The first-order valence-corrected chi connectivity index (χ1v) is 6.95. The minimum Gasteiger partial charge on any atom is -0.349 e. The van der Waals surface area contributed by atoms with Crippen LogP contribution in [0.4, 0.5) is 0 Å². The molecule has 1 aliphatic carbocycles. The summed E-state index contributed by atoms with van der Waals surface area (Å²) in [6, 6.07) is 8.12. The average Bonchev–Trinajstić information content (AvgIpc) is 2.36. The van der Waals surface area contributed by atoms with E-state index >= 15 is 0 Å². The third-order valence-electron chi connectivity index (χ3n) is 4.34. The van der Waals surface area contributed by atoms with E-state index in [1.54, 1.807) is 0 Å². The van der Waals surface area contributed by atoms with Gasteiger partial charge in [0.05, 0.1) is 0 Å². The van der Waals surface area contributed by atoms with Gasteiger partial charge in [-0.25, -0.2) is 0 Å². The quantitative estimate of drug-likeness (QED) is 0.848. The molecule has 0 heterocycles. The van der Waals surface area contributed by atoms with Gasteiger partial charge in [0.1, 0.15) is 0 Å². The fourth-order valence-electron chi connectivity index (χ4n) is 2.74. The fraction of sp³-hybridized carbons (Fsp3) is 0.562. The lowest BCUT2D eigenvalue weighted by Crippen LogP contribution is -2.43. The number of rotatable bonds is 2. The lowest BCUT2D eigenvalue weighted by Gasteiger charge is -2.34. The maximum Gasteiger partial charge on any atom is 0.251 e. The van der Waals surface area contributed by atoms with E-state index in [9.17, 15) is 4.79 Å². The van der Waals surface area contributed by atoms with Crippen molar-refractivity contribution in [3.63, 3.8) is 0 Å². The Morgan fingerprint density at radius 3 is 2.50 bits per heavy atom. The third kappa shape index (κ3) is 2.92. The molecule has 1 amide bonds. The molecule has 0 aromatic heterocycles. The van der Waals surface area contributed by atoms with Gasteiger partial charge < -0.3 is 5.32 Å². The van der Waals surface area contributed by atoms with Gasteiger partial charge in [-0.05, 0) is 37.3 Å². The summed E-state index contributed by atoms with van der Waals surface area (Å²) < 4.78 is 0. The SMILES string of the molecule is Cc1ccc(C(=O)N[C@@H]2CCC[C@@H](C)[C@H]2C)cc1. The number of hydrogen-bond donors (Lipinski definition) is 1. The second-order valence-electron chi connectivity index (χ2n) is 5.71. The highest BCUT2D eigenvalue weighted by Gasteiger charge is 2.28. The summed E-state index contributed by atoms with van der Waals surface area (Å²) in [5.74, 6) is 1.36. The molecule has 1 aliphatic rings. The highest BCUT2D eigenvalue weighted by molar-refractivity contribution is 5.94. The maximum absolute atomic E-state index is 12.2. The Kier molecular flexibility index (Phi) is 4.05. The first-order chi connectivity index (χ1) is 8.58. The standard InChI is InChI=1S/C16H23NO/c1-11-7-9-14(10-8-11)16(18)17-15-6-4-5-12(2)13(15)3/h7-10,12-13,15H,4-6H2,1-3H3,(H,17,18)/t12-,13-,15-/m1/s1. The van der Waals surface area contributed by atoms with Crippen LogP contribution in [0.15, 0.2) is 24.3 Å². The van der Waals surface area contributed by atoms with Gasteiger partial charge in [0.15, 0.2) is 0 Å². The highest BCUT2D eigenvalue weighted by atomic mass is 16.1. The van der Waals surface area contributed by atoms with Crippen LogP contribution in [0.25, 0.3) is 0 Å². The van der Waals surface area contributed by atoms with Gasteiger partial charge in [-0.3, -0.25) is 4.79 Å². The van der Waals surface area contributed by atoms with Crippen LogP contribution < -0.4 is 5.32 Å². The molecular formula is C16H23NO. The van der Waals surface area contributed by atoms with Crippen LogP contribution in [-0.4, -0.2) is 11.9 Å². The van der Waals surface area contributed by atoms with E-state index in [1.807, 2.05) is 31.2 Å². The molecule has 0 bridgehead atoms. The summed E-state index contributed by atoms with van der Waals surface area (Å²) in [5.41, 5.74) is 1.96. The second-order valence-corrected chi connectivity index (χ2v) is 5.71. The highest BCUT2D eigenvalue weighted by Crippen LogP contribution is 2.29. The summed E-state index contributed by atoms with van der Waals surface area (Å²) in [6.07, 6.45) is 3.63. The Bertz CT molecular complexity index is 410. The fourth-order valence-corrected chi connectivity index (χ4v) is 2.74. The van der Waals surface area contributed by atoms with Crippen molar-refractivity contribution < 1.29 is 4.79 Å². The van der Waals surface area contributed by atoms with Gasteiger partial charge in [0.25, 0.3) is 5.91 Å². The van der Waals surface area contributed by atoms with Crippen LogP contribution in [0, 0.1) is 18.8 Å². The van der Waals surface area contributed by atoms with Crippen molar-refractivity contribution in [3.8, 4) is 0 Å². The van der Waals surface area contributed by atoms with Crippen LogP contribution in [-0.2, 0) is 0 Å². The number of amides is 1. The summed E-state index contributed by atoms with van der Waals surface area (Å²) >= 11 is 0. The van der Waals surface area contributed by atoms with Gasteiger partial charge >= 0.3 is 0 Å². The van der Waals surface area contributed by atoms with E-state index < -0.39 is 0 Å². The minimum atomic E-state index is 0.0703. The molecule has 3 atom stereocenters. The van der Waals surface area contributed by atoms with Crippen LogP contribution in [0.1, 0.15) is 49.0 Å². The predicted octanol–water partition coefficient (Wildman–Crippen LogP) is 3.55. The second kappa shape index (κ2) is 5.55. The van der Waals surface area contributed by atoms with Crippen LogP contribution >= 0.6 is 0 Å². The Labute approximate surface area is 110 Å². The zero-order chi connectivity index (χ0) is 13.1. The minimum absolute atomic E-state index is 0.0703. The predicted molar refractivity (Wildman–Crippen MR) is 74.6 cm³/mol. The van der Waals surface area contributed by atoms with Crippen LogP contribution in [0.5, 0.6) is 0 Å². The molecule has 0 saturated heterocycles. The molecule has 0 unspecified atom stereocenters. The molecule has 0 radical (unpaired) electrons. The molecule has 98 valence electrons. The van der Waals surface area contributed by atoms with Crippen molar-refractivity contribution in [2.24, 2.45) is 11.8 Å². The van der Waals surface area contributed by atoms with Crippen LogP contribution in [0.3, 0.4) is 0 Å². The van der Waals surface area contributed by atoms with E-state index in [0.717, 1.165) is 12.0 Å². The Hall–Kier alpha value is -1.31. The zero-order valence-electron chi connectivity index (χ0n) is 11.6.